The van der Waals surface area contributed by atoms with Crippen LogP contribution in [0.3, 0.4) is 0 Å². The maximum atomic E-state index is 4.66. The molecule has 2 heterocycles. The molecule has 0 aliphatic heterocycles. The Bertz CT molecular complexity index is 1110. The van der Waals surface area contributed by atoms with Gasteiger partial charge in [-0.25, -0.2) is 4.68 Å². The first kappa shape index (κ1) is 17.5. The van der Waals surface area contributed by atoms with Crippen LogP contribution in [0.2, 0.25) is 0 Å². The van der Waals surface area contributed by atoms with Crippen LogP contribution in [0, 0.1) is 20.8 Å². The molecule has 0 atom stereocenters. The fraction of sp³-hybridized carbons (Fsp3) is 0.200. The molecule has 0 radical (unpaired) electrons. The third kappa shape index (κ3) is 3.50. The highest BCUT2D eigenvalue weighted by Crippen LogP contribution is 2.27. The molecule has 6 nitrogen and oxygen atoms in total. The SMILES string of the molecule is Cc1cccc(Cn2nnc(-c3cnn(-c4ccc(C)cc4C)c3S)n2)c1. The van der Waals surface area contributed by atoms with Crippen LogP contribution in [0.5, 0.6) is 0 Å². The average Bonchev–Trinajstić information content (AvgIpc) is 3.22. The molecule has 4 rings (SSSR count). The van der Waals surface area contributed by atoms with Crippen LogP contribution in [0.4, 0.5) is 0 Å². The third-order valence-electron chi connectivity index (χ3n) is 4.42. The van der Waals surface area contributed by atoms with E-state index in [1.807, 2.05) is 12.1 Å². The van der Waals surface area contributed by atoms with Gasteiger partial charge in [0.05, 0.1) is 24.0 Å². The monoisotopic (exact) mass is 376 g/mol. The van der Waals surface area contributed by atoms with Crippen LogP contribution in [0.1, 0.15) is 22.3 Å². The lowest BCUT2D eigenvalue weighted by molar-refractivity contribution is 0.572. The molecule has 0 saturated carbocycles. The average molecular weight is 376 g/mol. The minimum absolute atomic E-state index is 0.517. The van der Waals surface area contributed by atoms with E-state index in [9.17, 15) is 0 Å². The smallest absolute Gasteiger partial charge is 0.209 e. The first-order valence-corrected chi connectivity index (χ1v) is 9.14. The Morgan fingerprint density at radius 3 is 2.59 bits per heavy atom. The van der Waals surface area contributed by atoms with Crippen molar-refractivity contribution in [2.45, 2.75) is 32.3 Å². The van der Waals surface area contributed by atoms with E-state index < -0.39 is 0 Å². The molecule has 0 amide bonds. The molecule has 0 saturated heterocycles. The van der Waals surface area contributed by atoms with Crippen LogP contribution in [0.25, 0.3) is 17.1 Å². The highest BCUT2D eigenvalue weighted by atomic mass is 32.1. The topological polar surface area (TPSA) is 61.4 Å². The van der Waals surface area contributed by atoms with Gasteiger partial charge in [-0.05, 0) is 43.2 Å². The molecule has 0 aliphatic carbocycles. The maximum absolute atomic E-state index is 4.66. The van der Waals surface area contributed by atoms with E-state index in [1.165, 1.54) is 11.1 Å². The number of hydrogen-bond donors (Lipinski definition) is 1. The summed E-state index contributed by atoms with van der Waals surface area (Å²) in [5, 5.41) is 18.0. The fourth-order valence-electron chi connectivity index (χ4n) is 3.11. The molecule has 0 spiro atoms. The van der Waals surface area contributed by atoms with Crippen molar-refractivity contribution in [3.05, 3.63) is 70.9 Å². The quantitative estimate of drug-likeness (QED) is 0.551. The lowest BCUT2D eigenvalue weighted by Crippen LogP contribution is -2.04. The van der Waals surface area contributed by atoms with Crippen molar-refractivity contribution in [1.82, 2.24) is 30.0 Å². The minimum atomic E-state index is 0.517. The molecule has 27 heavy (non-hydrogen) atoms. The molecule has 2 aromatic carbocycles. The fourth-order valence-corrected chi connectivity index (χ4v) is 3.43. The zero-order chi connectivity index (χ0) is 19.0. The van der Waals surface area contributed by atoms with E-state index in [-0.39, 0.29) is 0 Å². The molecule has 136 valence electrons. The van der Waals surface area contributed by atoms with Gasteiger partial charge in [-0.1, -0.05) is 47.5 Å². The Hall–Kier alpha value is -2.93. The van der Waals surface area contributed by atoms with Crippen molar-refractivity contribution in [3.8, 4) is 17.1 Å². The number of rotatable bonds is 4. The second-order valence-electron chi connectivity index (χ2n) is 6.72. The number of aromatic nitrogens is 6. The largest absolute Gasteiger partial charge is 0.226 e. The number of nitrogens with zero attached hydrogens (tertiary/aromatic N) is 6. The van der Waals surface area contributed by atoms with Crippen LogP contribution < -0.4 is 0 Å². The molecule has 0 aliphatic rings. The van der Waals surface area contributed by atoms with E-state index in [1.54, 1.807) is 15.7 Å². The highest BCUT2D eigenvalue weighted by Gasteiger charge is 2.16. The molecule has 4 aromatic rings. The minimum Gasteiger partial charge on any atom is -0.226 e. The summed E-state index contributed by atoms with van der Waals surface area (Å²) < 4.78 is 1.80. The Balaban J connectivity index is 1.63. The highest BCUT2D eigenvalue weighted by molar-refractivity contribution is 7.80. The van der Waals surface area contributed by atoms with Crippen LogP contribution in [-0.4, -0.2) is 30.0 Å². The first-order valence-electron chi connectivity index (χ1n) is 8.69. The molecule has 0 fully saturated rings. The summed E-state index contributed by atoms with van der Waals surface area (Å²) in [6.07, 6.45) is 1.73. The van der Waals surface area contributed by atoms with Gasteiger partial charge in [0.15, 0.2) is 0 Å². The lowest BCUT2D eigenvalue weighted by Gasteiger charge is -2.08. The van der Waals surface area contributed by atoms with Crippen LogP contribution in [-0.2, 0) is 6.54 Å². The van der Waals surface area contributed by atoms with Gasteiger partial charge in [0.2, 0.25) is 5.82 Å². The molecule has 0 N–H and O–H groups in total. The summed E-state index contributed by atoms with van der Waals surface area (Å²) in [7, 11) is 0. The van der Waals surface area contributed by atoms with Gasteiger partial charge < -0.3 is 0 Å². The predicted octanol–water partition coefficient (Wildman–Crippen LogP) is 3.79. The summed E-state index contributed by atoms with van der Waals surface area (Å²) in [4.78, 5) is 1.59. The Morgan fingerprint density at radius 1 is 1.00 bits per heavy atom. The molecule has 0 unspecified atom stereocenters. The van der Waals surface area contributed by atoms with Gasteiger partial charge in [-0.3, -0.25) is 0 Å². The molecule has 0 bridgehead atoms. The summed E-state index contributed by atoms with van der Waals surface area (Å²) in [6.45, 7) is 6.77. The van der Waals surface area contributed by atoms with Gasteiger partial charge >= 0.3 is 0 Å². The Labute approximate surface area is 163 Å². The van der Waals surface area contributed by atoms with Gasteiger partial charge in [0, 0.05) is 0 Å². The lowest BCUT2D eigenvalue weighted by atomic mass is 10.1. The zero-order valence-corrected chi connectivity index (χ0v) is 16.4. The Morgan fingerprint density at radius 2 is 1.81 bits per heavy atom. The van der Waals surface area contributed by atoms with E-state index in [0.29, 0.717) is 17.4 Å². The first-order chi connectivity index (χ1) is 13.0. The predicted molar refractivity (Wildman–Crippen MR) is 107 cm³/mol. The van der Waals surface area contributed by atoms with Gasteiger partial charge in [0.25, 0.3) is 0 Å². The van der Waals surface area contributed by atoms with Crippen LogP contribution >= 0.6 is 12.6 Å². The molecule has 7 heteroatoms. The number of tetrazole rings is 1. The van der Waals surface area contributed by atoms with Gasteiger partial charge in [-0.2, -0.15) is 9.90 Å². The summed E-state index contributed by atoms with van der Waals surface area (Å²) in [5.74, 6) is 0.517. The van der Waals surface area contributed by atoms with Crippen molar-refractivity contribution in [1.29, 1.82) is 0 Å². The van der Waals surface area contributed by atoms with Crippen molar-refractivity contribution in [3.63, 3.8) is 0 Å². The summed E-state index contributed by atoms with van der Waals surface area (Å²) in [6, 6.07) is 14.5. The third-order valence-corrected chi connectivity index (χ3v) is 4.85. The summed E-state index contributed by atoms with van der Waals surface area (Å²) >= 11 is 4.66. The van der Waals surface area contributed by atoms with Crippen molar-refractivity contribution < 1.29 is 0 Å². The van der Waals surface area contributed by atoms with Crippen LogP contribution in [0.15, 0.2) is 53.7 Å². The van der Waals surface area contributed by atoms with Crippen molar-refractivity contribution >= 4 is 12.6 Å². The Kier molecular flexibility index (Phi) is 4.53. The van der Waals surface area contributed by atoms with Gasteiger partial charge in [0.1, 0.15) is 5.03 Å². The van der Waals surface area contributed by atoms with Gasteiger partial charge in [-0.15, -0.1) is 22.8 Å². The summed E-state index contributed by atoms with van der Waals surface area (Å²) in [5.41, 5.74) is 6.44. The van der Waals surface area contributed by atoms with E-state index >= 15 is 0 Å². The molecule has 2 aromatic heterocycles. The van der Waals surface area contributed by atoms with Crippen molar-refractivity contribution in [2.75, 3.05) is 0 Å². The standard InChI is InChI=1S/C20H20N6S/c1-13-5-4-6-16(10-13)12-25-23-19(22-24-25)17-11-21-26(20(17)27)18-8-7-14(2)9-15(18)3/h4-11,27H,12H2,1-3H3. The second kappa shape index (κ2) is 7.00. The number of benzene rings is 2. The normalized spacial score (nSPS) is 11.1. The van der Waals surface area contributed by atoms with E-state index in [0.717, 1.165) is 22.4 Å². The second-order valence-corrected chi connectivity index (χ2v) is 7.14. The molecular formula is C20H20N6S. The van der Waals surface area contributed by atoms with E-state index in [2.05, 4.69) is 84.2 Å². The number of thiol groups is 1. The van der Waals surface area contributed by atoms with E-state index in [4.69, 9.17) is 0 Å². The number of aryl methyl sites for hydroxylation is 3. The van der Waals surface area contributed by atoms with Crippen molar-refractivity contribution in [2.24, 2.45) is 0 Å². The maximum Gasteiger partial charge on any atom is 0.209 e. The number of hydrogen-bond acceptors (Lipinski definition) is 5. The zero-order valence-electron chi connectivity index (χ0n) is 15.5. The molecular weight excluding hydrogens is 356 g/mol.